The van der Waals surface area contributed by atoms with E-state index in [1.54, 1.807) is 11.3 Å². The predicted molar refractivity (Wildman–Crippen MR) is 89.2 cm³/mol. The maximum absolute atomic E-state index is 11.7. The lowest BCUT2D eigenvalue weighted by Gasteiger charge is -2.08. The average molecular weight is 314 g/mol. The fourth-order valence-corrected chi connectivity index (χ4v) is 3.82. The summed E-state index contributed by atoms with van der Waals surface area (Å²) in [5.74, 6) is 0.758. The van der Waals surface area contributed by atoms with Gasteiger partial charge in [-0.3, -0.25) is 9.20 Å². The first kappa shape index (κ1) is 14.8. The van der Waals surface area contributed by atoms with E-state index < -0.39 is 0 Å². The van der Waals surface area contributed by atoms with Gasteiger partial charge < -0.3 is 4.74 Å². The molecule has 0 aliphatic carbocycles. The smallest absolute Gasteiger partial charge is 0.195 e. The second kappa shape index (κ2) is 5.93. The van der Waals surface area contributed by atoms with Crippen LogP contribution in [0.1, 0.15) is 34.9 Å². The molecule has 114 valence electrons. The molecular weight excluding hydrogens is 296 g/mol. The van der Waals surface area contributed by atoms with Crippen LogP contribution >= 0.6 is 11.3 Å². The molecule has 0 saturated heterocycles. The summed E-state index contributed by atoms with van der Waals surface area (Å²) in [4.78, 5) is 18.5. The molecule has 0 unspecified atom stereocenters. The molecule has 0 atom stereocenters. The number of imidazole rings is 1. The standard InChI is InChI=1S/C17H18N2O2S/c1-4-13-11(3)22-17-18-16(14(10-20)19(13)17)12-8-6-7-9-15(12)21-5-2/h6-10H,4-5H2,1-3H3. The summed E-state index contributed by atoms with van der Waals surface area (Å²) in [5, 5.41) is 0. The van der Waals surface area contributed by atoms with E-state index >= 15 is 0 Å². The highest BCUT2D eigenvalue weighted by molar-refractivity contribution is 7.17. The highest BCUT2D eigenvalue weighted by Gasteiger charge is 2.21. The molecule has 0 bridgehead atoms. The van der Waals surface area contributed by atoms with Crippen molar-refractivity contribution in [1.29, 1.82) is 0 Å². The van der Waals surface area contributed by atoms with Crippen molar-refractivity contribution in [1.82, 2.24) is 9.38 Å². The molecule has 2 heterocycles. The molecule has 1 aromatic carbocycles. The van der Waals surface area contributed by atoms with Crippen LogP contribution in [0.25, 0.3) is 16.2 Å². The van der Waals surface area contributed by atoms with Crippen molar-refractivity contribution in [2.45, 2.75) is 27.2 Å². The molecule has 0 saturated carbocycles. The van der Waals surface area contributed by atoms with Gasteiger partial charge in [0.15, 0.2) is 11.2 Å². The number of carbonyl (C=O) groups excluding carboxylic acids is 1. The zero-order valence-corrected chi connectivity index (χ0v) is 13.7. The van der Waals surface area contributed by atoms with Crippen LogP contribution in [0, 0.1) is 6.92 Å². The Morgan fingerprint density at radius 3 is 2.77 bits per heavy atom. The molecule has 0 N–H and O–H groups in total. The van der Waals surface area contributed by atoms with Crippen LogP contribution in [0.2, 0.25) is 0 Å². The van der Waals surface area contributed by atoms with E-state index in [1.807, 2.05) is 35.6 Å². The minimum atomic E-state index is 0.578. The van der Waals surface area contributed by atoms with Crippen LogP contribution in [0.5, 0.6) is 5.75 Å². The van der Waals surface area contributed by atoms with Crippen molar-refractivity contribution in [2.75, 3.05) is 6.61 Å². The number of thiazole rings is 1. The van der Waals surface area contributed by atoms with Gasteiger partial charge in [-0.1, -0.05) is 19.1 Å². The van der Waals surface area contributed by atoms with Gasteiger partial charge in [-0.05, 0) is 32.4 Å². The second-order valence-corrected chi connectivity index (χ2v) is 6.15. The monoisotopic (exact) mass is 314 g/mol. The molecule has 2 aromatic heterocycles. The molecule has 0 amide bonds. The Balaban J connectivity index is 2.28. The topological polar surface area (TPSA) is 43.6 Å². The molecule has 0 fully saturated rings. The first-order valence-corrected chi connectivity index (χ1v) is 8.21. The second-order valence-electron chi connectivity index (χ2n) is 4.97. The highest BCUT2D eigenvalue weighted by Crippen LogP contribution is 2.35. The number of aldehydes is 1. The number of ether oxygens (including phenoxy) is 1. The lowest BCUT2D eigenvalue weighted by molar-refractivity contribution is 0.111. The van der Waals surface area contributed by atoms with Crippen molar-refractivity contribution < 1.29 is 9.53 Å². The van der Waals surface area contributed by atoms with Crippen molar-refractivity contribution in [3.05, 3.63) is 40.5 Å². The summed E-state index contributed by atoms with van der Waals surface area (Å²) in [6, 6.07) is 7.72. The summed E-state index contributed by atoms with van der Waals surface area (Å²) in [7, 11) is 0. The van der Waals surface area contributed by atoms with Crippen LogP contribution in [-0.2, 0) is 6.42 Å². The van der Waals surface area contributed by atoms with Gasteiger partial charge in [0.05, 0.1) is 6.61 Å². The SMILES string of the molecule is CCOc1ccccc1-c1nc2sc(C)c(CC)n2c1C=O. The number of benzene rings is 1. The average Bonchev–Trinajstić information content (AvgIpc) is 3.02. The minimum Gasteiger partial charge on any atom is -0.493 e. The largest absolute Gasteiger partial charge is 0.493 e. The molecular formula is C17H18N2O2S. The first-order valence-electron chi connectivity index (χ1n) is 7.39. The van der Waals surface area contributed by atoms with Gasteiger partial charge in [-0.15, -0.1) is 11.3 Å². The third-order valence-electron chi connectivity index (χ3n) is 3.69. The van der Waals surface area contributed by atoms with E-state index in [2.05, 4.69) is 13.8 Å². The van der Waals surface area contributed by atoms with E-state index in [4.69, 9.17) is 9.72 Å². The maximum atomic E-state index is 11.7. The maximum Gasteiger partial charge on any atom is 0.195 e. The number of hydrogen-bond donors (Lipinski definition) is 0. The minimum absolute atomic E-state index is 0.578. The number of hydrogen-bond acceptors (Lipinski definition) is 4. The zero-order valence-electron chi connectivity index (χ0n) is 12.9. The molecule has 0 aliphatic rings. The van der Waals surface area contributed by atoms with E-state index in [-0.39, 0.29) is 0 Å². The Kier molecular flexibility index (Phi) is 3.98. The van der Waals surface area contributed by atoms with Crippen molar-refractivity contribution in [3.8, 4) is 17.0 Å². The summed E-state index contributed by atoms with van der Waals surface area (Å²) < 4.78 is 7.66. The number of aryl methyl sites for hydroxylation is 2. The molecule has 22 heavy (non-hydrogen) atoms. The Labute approximate surface area is 133 Å². The van der Waals surface area contributed by atoms with Gasteiger partial charge in [-0.2, -0.15) is 0 Å². The summed E-state index contributed by atoms with van der Waals surface area (Å²) >= 11 is 1.62. The van der Waals surface area contributed by atoms with Gasteiger partial charge in [0.25, 0.3) is 0 Å². The summed E-state index contributed by atoms with van der Waals surface area (Å²) in [6.07, 6.45) is 1.76. The normalized spacial score (nSPS) is 11.0. The van der Waals surface area contributed by atoms with Gasteiger partial charge >= 0.3 is 0 Å². The third-order valence-corrected chi connectivity index (χ3v) is 4.69. The predicted octanol–water partition coefficient (Wildman–Crippen LogP) is 4.14. The fourth-order valence-electron chi connectivity index (χ4n) is 2.75. The Morgan fingerprint density at radius 2 is 2.09 bits per heavy atom. The van der Waals surface area contributed by atoms with E-state index in [9.17, 15) is 4.79 Å². The highest BCUT2D eigenvalue weighted by atomic mass is 32.1. The molecule has 4 nitrogen and oxygen atoms in total. The van der Waals surface area contributed by atoms with Crippen LogP contribution in [-0.4, -0.2) is 22.3 Å². The molecule has 3 aromatic rings. The Bertz CT molecular complexity index is 833. The van der Waals surface area contributed by atoms with Gasteiger partial charge in [0.2, 0.25) is 0 Å². The van der Waals surface area contributed by atoms with Crippen molar-refractivity contribution in [3.63, 3.8) is 0 Å². The van der Waals surface area contributed by atoms with Crippen LogP contribution < -0.4 is 4.74 Å². The third kappa shape index (κ3) is 2.22. The lowest BCUT2D eigenvalue weighted by atomic mass is 10.1. The van der Waals surface area contributed by atoms with Gasteiger partial charge in [0, 0.05) is 16.1 Å². The quantitative estimate of drug-likeness (QED) is 0.665. The molecule has 3 rings (SSSR count). The van der Waals surface area contributed by atoms with Crippen molar-refractivity contribution >= 4 is 22.6 Å². The van der Waals surface area contributed by atoms with Gasteiger partial charge in [0.1, 0.15) is 17.1 Å². The fraction of sp³-hybridized carbons (Fsp3) is 0.294. The summed E-state index contributed by atoms with van der Waals surface area (Å²) in [5.41, 5.74) is 3.31. The number of carbonyl (C=O) groups is 1. The van der Waals surface area contributed by atoms with E-state index in [0.29, 0.717) is 18.0 Å². The van der Waals surface area contributed by atoms with Crippen molar-refractivity contribution in [2.24, 2.45) is 0 Å². The Hall–Kier alpha value is -2.14. The lowest BCUT2D eigenvalue weighted by Crippen LogP contribution is -1.99. The Morgan fingerprint density at radius 1 is 1.32 bits per heavy atom. The van der Waals surface area contributed by atoms with Gasteiger partial charge in [-0.25, -0.2) is 4.98 Å². The zero-order chi connectivity index (χ0) is 15.7. The van der Waals surface area contributed by atoms with E-state index in [0.717, 1.165) is 34.7 Å². The number of fused-ring (bicyclic) bond motifs is 1. The molecule has 0 aliphatic heterocycles. The molecule has 0 spiro atoms. The molecule has 5 heteroatoms. The summed E-state index contributed by atoms with van der Waals surface area (Å²) in [6.45, 7) is 6.69. The number of aromatic nitrogens is 2. The number of para-hydroxylation sites is 1. The first-order chi connectivity index (χ1) is 10.7. The van der Waals surface area contributed by atoms with Crippen LogP contribution in [0.15, 0.2) is 24.3 Å². The number of rotatable bonds is 5. The number of nitrogens with zero attached hydrogens (tertiary/aromatic N) is 2. The van der Waals surface area contributed by atoms with Crippen LogP contribution in [0.3, 0.4) is 0 Å². The molecule has 0 radical (unpaired) electrons. The van der Waals surface area contributed by atoms with E-state index in [1.165, 1.54) is 4.88 Å². The van der Waals surface area contributed by atoms with Crippen LogP contribution in [0.4, 0.5) is 0 Å².